The summed E-state index contributed by atoms with van der Waals surface area (Å²) in [6.07, 6.45) is 3.35. The third-order valence-electron chi connectivity index (χ3n) is 3.68. The maximum Gasteiger partial charge on any atom is 0.256 e. The Morgan fingerprint density at radius 1 is 1.32 bits per heavy atom. The van der Waals surface area contributed by atoms with Crippen LogP contribution in [0.25, 0.3) is 0 Å². The fourth-order valence-electron chi connectivity index (χ4n) is 2.59. The molecular formula is C16H17NOS. The average molecular weight is 271 g/mol. The van der Waals surface area contributed by atoms with E-state index in [0.717, 1.165) is 30.0 Å². The highest BCUT2D eigenvalue weighted by molar-refractivity contribution is 7.10. The molecule has 1 aliphatic rings. The predicted octanol–water partition coefficient (Wildman–Crippen LogP) is 4.13. The average Bonchev–Trinajstić information content (AvgIpc) is 2.82. The number of benzene rings is 1. The molecule has 0 spiro atoms. The maximum atomic E-state index is 12.3. The molecule has 0 radical (unpaired) electrons. The Morgan fingerprint density at radius 3 is 2.89 bits per heavy atom. The van der Waals surface area contributed by atoms with Crippen molar-refractivity contribution in [1.29, 1.82) is 0 Å². The van der Waals surface area contributed by atoms with Crippen LogP contribution in [0.4, 0.5) is 5.69 Å². The lowest BCUT2D eigenvalue weighted by molar-refractivity contribution is 0.102. The zero-order valence-corrected chi connectivity index (χ0v) is 11.8. The molecule has 0 fully saturated rings. The molecule has 1 N–H and O–H groups in total. The molecule has 1 atom stereocenters. The van der Waals surface area contributed by atoms with Crippen molar-refractivity contribution in [1.82, 2.24) is 0 Å². The van der Waals surface area contributed by atoms with Gasteiger partial charge in [0.15, 0.2) is 0 Å². The highest BCUT2D eigenvalue weighted by Gasteiger charge is 2.23. The number of fused-ring (bicyclic) bond motifs is 1. The first-order valence-electron chi connectivity index (χ1n) is 6.69. The summed E-state index contributed by atoms with van der Waals surface area (Å²) < 4.78 is 0. The van der Waals surface area contributed by atoms with Gasteiger partial charge in [-0.3, -0.25) is 4.79 Å². The molecular weight excluding hydrogens is 254 g/mol. The van der Waals surface area contributed by atoms with Gasteiger partial charge in [0.2, 0.25) is 0 Å². The minimum absolute atomic E-state index is 0.0262. The Kier molecular flexibility index (Phi) is 3.38. The van der Waals surface area contributed by atoms with Crippen LogP contribution in [0.1, 0.15) is 34.1 Å². The lowest BCUT2D eigenvalue weighted by Gasteiger charge is -2.18. The molecule has 0 aliphatic heterocycles. The Bertz CT molecular complexity index is 588. The molecule has 1 amide bonds. The van der Waals surface area contributed by atoms with E-state index in [4.69, 9.17) is 0 Å². The Labute approximate surface area is 117 Å². The molecule has 3 heteroatoms. The van der Waals surface area contributed by atoms with E-state index >= 15 is 0 Å². The fraction of sp³-hybridized carbons (Fsp3) is 0.312. The first-order chi connectivity index (χ1) is 9.24. The van der Waals surface area contributed by atoms with Crippen LogP contribution in [-0.4, -0.2) is 5.91 Å². The molecule has 1 heterocycles. The van der Waals surface area contributed by atoms with Gasteiger partial charge in [0.25, 0.3) is 5.91 Å². The summed E-state index contributed by atoms with van der Waals surface area (Å²) in [5.74, 6) is 0.773. The monoisotopic (exact) mass is 271 g/mol. The molecule has 0 saturated carbocycles. The van der Waals surface area contributed by atoms with Crippen molar-refractivity contribution in [2.45, 2.75) is 26.2 Å². The van der Waals surface area contributed by atoms with Crippen molar-refractivity contribution in [2.24, 2.45) is 5.92 Å². The topological polar surface area (TPSA) is 29.1 Å². The molecule has 2 aromatic rings. The van der Waals surface area contributed by atoms with Crippen LogP contribution in [0.3, 0.4) is 0 Å². The van der Waals surface area contributed by atoms with Crippen LogP contribution in [0, 0.1) is 5.92 Å². The first kappa shape index (κ1) is 12.4. The fourth-order valence-corrected chi connectivity index (χ4v) is 3.83. The van der Waals surface area contributed by atoms with Gasteiger partial charge < -0.3 is 5.32 Å². The van der Waals surface area contributed by atoms with Gasteiger partial charge in [0.1, 0.15) is 0 Å². The highest BCUT2D eigenvalue weighted by Crippen LogP contribution is 2.33. The second kappa shape index (κ2) is 5.17. The number of amides is 1. The van der Waals surface area contributed by atoms with Gasteiger partial charge in [-0.05, 0) is 42.9 Å². The Morgan fingerprint density at radius 2 is 2.11 bits per heavy atom. The maximum absolute atomic E-state index is 12.3. The molecule has 1 aromatic heterocycles. The van der Waals surface area contributed by atoms with E-state index in [9.17, 15) is 4.79 Å². The van der Waals surface area contributed by atoms with Crippen molar-refractivity contribution in [2.75, 3.05) is 5.32 Å². The van der Waals surface area contributed by atoms with Gasteiger partial charge >= 0.3 is 0 Å². The molecule has 1 aromatic carbocycles. The van der Waals surface area contributed by atoms with E-state index in [1.54, 1.807) is 11.3 Å². The third-order valence-corrected chi connectivity index (χ3v) is 4.73. The summed E-state index contributed by atoms with van der Waals surface area (Å²) in [7, 11) is 0. The van der Waals surface area contributed by atoms with Crippen LogP contribution in [0.5, 0.6) is 0 Å². The van der Waals surface area contributed by atoms with Crippen molar-refractivity contribution in [3.8, 4) is 0 Å². The Balaban J connectivity index is 1.81. The predicted molar refractivity (Wildman–Crippen MR) is 79.9 cm³/mol. The van der Waals surface area contributed by atoms with Crippen LogP contribution >= 0.6 is 11.3 Å². The quantitative estimate of drug-likeness (QED) is 0.874. The van der Waals surface area contributed by atoms with E-state index in [1.165, 1.54) is 16.9 Å². The molecule has 98 valence electrons. The van der Waals surface area contributed by atoms with Crippen LogP contribution in [0.15, 0.2) is 35.7 Å². The van der Waals surface area contributed by atoms with Gasteiger partial charge in [-0.2, -0.15) is 0 Å². The van der Waals surface area contributed by atoms with Gasteiger partial charge in [-0.1, -0.05) is 25.1 Å². The van der Waals surface area contributed by atoms with Crippen molar-refractivity contribution >= 4 is 22.9 Å². The van der Waals surface area contributed by atoms with Gasteiger partial charge in [0, 0.05) is 15.9 Å². The second-order valence-corrected chi connectivity index (χ2v) is 6.18. The highest BCUT2D eigenvalue weighted by atomic mass is 32.1. The number of nitrogens with one attached hydrogen (secondary N) is 1. The minimum Gasteiger partial charge on any atom is -0.322 e. The summed E-state index contributed by atoms with van der Waals surface area (Å²) in [6.45, 7) is 2.28. The van der Waals surface area contributed by atoms with Crippen molar-refractivity contribution < 1.29 is 4.79 Å². The number of carbonyl (C=O) groups excluding carboxylic acids is 1. The standard InChI is InChI=1S/C16H17NOS/c1-11-7-8-13-14(10-19-15(13)9-11)16(18)17-12-5-3-2-4-6-12/h2-6,10-11H,7-9H2,1H3,(H,17,18)/t11-/m1/s1. The second-order valence-electron chi connectivity index (χ2n) is 5.22. The largest absolute Gasteiger partial charge is 0.322 e. The molecule has 19 heavy (non-hydrogen) atoms. The van der Waals surface area contributed by atoms with Crippen molar-refractivity contribution in [3.05, 3.63) is 51.7 Å². The lowest BCUT2D eigenvalue weighted by Crippen LogP contribution is -2.16. The molecule has 1 aliphatic carbocycles. The zero-order valence-electron chi connectivity index (χ0n) is 11.0. The van der Waals surface area contributed by atoms with Crippen LogP contribution in [-0.2, 0) is 12.8 Å². The molecule has 2 nitrogen and oxygen atoms in total. The van der Waals surface area contributed by atoms with E-state index in [2.05, 4.69) is 12.2 Å². The third kappa shape index (κ3) is 2.56. The minimum atomic E-state index is 0.0262. The smallest absolute Gasteiger partial charge is 0.256 e. The molecule has 0 saturated heterocycles. The number of anilines is 1. The van der Waals surface area contributed by atoms with Crippen molar-refractivity contribution in [3.63, 3.8) is 0 Å². The number of rotatable bonds is 2. The van der Waals surface area contributed by atoms with Crippen LogP contribution in [0.2, 0.25) is 0 Å². The van der Waals surface area contributed by atoms with Gasteiger partial charge in [-0.15, -0.1) is 11.3 Å². The number of thiophene rings is 1. The van der Waals surface area contributed by atoms with Crippen LogP contribution < -0.4 is 5.32 Å². The first-order valence-corrected chi connectivity index (χ1v) is 7.57. The van der Waals surface area contributed by atoms with E-state index in [1.807, 2.05) is 35.7 Å². The summed E-state index contributed by atoms with van der Waals surface area (Å²) in [4.78, 5) is 13.7. The number of hydrogen-bond acceptors (Lipinski definition) is 2. The Hall–Kier alpha value is -1.61. The summed E-state index contributed by atoms with van der Waals surface area (Å²) in [6, 6.07) is 9.64. The SMILES string of the molecule is C[C@@H]1CCc2c(C(=O)Nc3ccccc3)csc2C1. The lowest BCUT2D eigenvalue weighted by atomic mass is 9.88. The van der Waals surface area contributed by atoms with Gasteiger partial charge in [0.05, 0.1) is 5.56 Å². The normalized spacial score (nSPS) is 17.8. The summed E-state index contributed by atoms with van der Waals surface area (Å²) in [5, 5.41) is 4.99. The van der Waals surface area contributed by atoms with E-state index < -0.39 is 0 Å². The number of hydrogen-bond donors (Lipinski definition) is 1. The summed E-state index contributed by atoms with van der Waals surface area (Å²) >= 11 is 1.73. The summed E-state index contributed by atoms with van der Waals surface area (Å²) in [5.41, 5.74) is 3.00. The molecule has 0 unspecified atom stereocenters. The molecule has 0 bridgehead atoms. The van der Waals surface area contributed by atoms with E-state index in [0.29, 0.717) is 0 Å². The number of carbonyl (C=O) groups is 1. The number of para-hydroxylation sites is 1. The van der Waals surface area contributed by atoms with Gasteiger partial charge in [-0.25, -0.2) is 0 Å². The molecule has 3 rings (SSSR count). The van der Waals surface area contributed by atoms with E-state index in [-0.39, 0.29) is 5.91 Å². The zero-order chi connectivity index (χ0) is 13.2.